The molecule has 6 heteroatoms. The minimum absolute atomic E-state index is 0.149. The molecular weight excluding hydrogens is 414 g/mol. The van der Waals surface area contributed by atoms with Crippen molar-refractivity contribution >= 4 is 10.9 Å². The van der Waals surface area contributed by atoms with Gasteiger partial charge in [-0.05, 0) is 29.8 Å². The van der Waals surface area contributed by atoms with Crippen molar-refractivity contribution in [2.45, 2.75) is 25.7 Å². The number of fused-ring (bicyclic) bond motifs is 1. The van der Waals surface area contributed by atoms with Gasteiger partial charge in [-0.2, -0.15) is 0 Å². The number of hydrogen-bond donors (Lipinski definition) is 2. The molecule has 33 heavy (non-hydrogen) atoms. The lowest BCUT2D eigenvalue weighted by Crippen LogP contribution is -2.35. The second-order valence-electron chi connectivity index (χ2n) is 8.05. The molecule has 0 saturated heterocycles. The Morgan fingerprint density at radius 3 is 2.18 bits per heavy atom. The summed E-state index contributed by atoms with van der Waals surface area (Å²) in [6, 6.07) is 27.3. The Labute approximate surface area is 193 Å². The minimum Gasteiger partial charge on any atom is -0.389 e. The number of nitrogens with one attached hydrogen (secondary N) is 1. The maximum atomic E-state index is 12.4. The number of ether oxygens (including phenoxy) is 1. The number of likely N-dealkylation sites (N-methyl/N-ethyl adjacent to an activating group) is 1. The summed E-state index contributed by atoms with van der Waals surface area (Å²) in [5, 5.41) is 11.3. The summed E-state index contributed by atoms with van der Waals surface area (Å²) in [4.78, 5) is 21.8. The summed E-state index contributed by atoms with van der Waals surface area (Å²) >= 11 is 0. The first-order chi connectivity index (χ1) is 16.1. The number of aromatic nitrogens is 2. The molecule has 0 aliphatic heterocycles. The van der Waals surface area contributed by atoms with Crippen molar-refractivity contribution in [2.75, 3.05) is 19.7 Å². The van der Waals surface area contributed by atoms with Gasteiger partial charge in [-0.1, -0.05) is 79.7 Å². The first kappa shape index (κ1) is 22.9. The summed E-state index contributed by atoms with van der Waals surface area (Å²) in [5.74, 6) is 0.583. The number of H-pyrrole nitrogens is 1. The molecule has 4 aromatic rings. The van der Waals surface area contributed by atoms with Crippen molar-refractivity contribution in [3.63, 3.8) is 0 Å². The number of aliphatic hydroxyl groups is 1. The summed E-state index contributed by atoms with van der Waals surface area (Å²) < 4.78 is 6.20. The lowest BCUT2D eigenvalue weighted by atomic mass is 10.0. The van der Waals surface area contributed by atoms with E-state index < -0.39 is 6.10 Å². The van der Waals surface area contributed by atoms with Crippen molar-refractivity contribution in [2.24, 2.45) is 0 Å². The van der Waals surface area contributed by atoms with Gasteiger partial charge in [-0.3, -0.25) is 9.69 Å². The number of benzene rings is 3. The molecule has 0 fully saturated rings. The first-order valence-electron chi connectivity index (χ1n) is 11.2. The number of rotatable bonds is 10. The van der Waals surface area contributed by atoms with E-state index >= 15 is 0 Å². The maximum absolute atomic E-state index is 12.4. The third kappa shape index (κ3) is 5.93. The minimum atomic E-state index is -0.688. The molecule has 1 unspecified atom stereocenters. The zero-order valence-corrected chi connectivity index (χ0v) is 18.7. The van der Waals surface area contributed by atoms with Crippen molar-refractivity contribution in [1.82, 2.24) is 14.9 Å². The Morgan fingerprint density at radius 2 is 1.55 bits per heavy atom. The zero-order valence-electron chi connectivity index (χ0n) is 18.7. The van der Waals surface area contributed by atoms with Gasteiger partial charge in [0.25, 0.3) is 5.56 Å². The Kier molecular flexibility index (Phi) is 7.62. The molecule has 170 valence electrons. The van der Waals surface area contributed by atoms with E-state index in [0.29, 0.717) is 36.4 Å². The molecule has 0 aliphatic rings. The van der Waals surface area contributed by atoms with E-state index in [9.17, 15) is 9.90 Å². The monoisotopic (exact) mass is 443 g/mol. The van der Waals surface area contributed by atoms with Gasteiger partial charge in [0.1, 0.15) is 11.9 Å². The number of aliphatic hydroxyl groups excluding tert-OH is 1. The van der Waals surface area contributed by atoms with E-state index in [-0.39, 0.29) is 18.3 Å². The Morgan fingerprint density at radius 1 is 0.939 bits per heavy atom. The second kappa shape index (κ2) is 11.0. The molecule has 0 aliphatic carbocycles. The predicted molar refractivity (Wildman–Crippen MR) is 130 cm³/mol. The highest BCUT2D eigenvalue weighted by Crippen LogP contribution is 2.26. The predicted octanol–water partition coefficient (Wildman–Crippen LogP) is 3.91. The molecule has 2 N–H and O–H groups in total. The first-order valence-corrected chi connectivity index (χ1v) is 11.2. The highest BCUT2D eigenvalue weighted by Gasteiger charge is 2.18. The van der Waals surface area contributed by atoms with Crippen LogP contribution >= 0.6 is 0 Å². The molecule has 1 aromatic heterocycles. The van der Waals surface area contributed by atoms with Gasteiger partial charge in [-0.25, -0.2) is 4.98 Å². The molecule has 0 bridgehead atoms. The van der Waals surface area contributed by atoms with Crippen LogP contribution in [0, 0.1) is 0 Å². The van der Waals surface area contributed by atoms with Crippen LogP contribution in [0.15, 0.2) is 89.7 Å². The molecular formula is C27H29N3O3. The highest BCUT2D eigenvalue weighted by atomic mass is 16.5. The Bertz CT molecular complexity index is 1170. The third-order valence-electron chi connectivity index (χ3n) is 5.61. The van der Waals surface area contributed by atoms with Crippen LogP contribution in [0.3, 0.4) is 0 Å². The zero-order chi connectivity index (χ0) is 23.0. The van der Waals surface area contributed by atoms with Gasteiger partial charge < -0.3 is 14.8 Å². The van der Waals surface area contributed by atoms with Crippen LogP contribution in [-0.4, -0.2) is 45.8 Å². The second-order valence-corrected chi connectivity index (χ2v) is 8.05. The quantitative estimate of drug-likeness (QED) is 0.389. The van der Waals surface area contributed by atoms with Crippen LogP contribution in [0.1, 0.15) is 30.0 Å². The average molecular weight is 444 g/mol. The van der Waals surface area contributed by atoms with Gasteiger partial charge in [0.15, 0.2) is 0 Å². The van der Waals surface area contributed by atoms with Gasteiger partial charge >= 0.3 is 0 Å². The fourth-order valence-electron chi connectivity index (χ4n) is 3.93. The smallest absolute Gasteiger partial charge is 0.258 e. The molecule has 4 rings (SSSR count). The Balaban J connectivity index is 1.41. The van der Waals surface area contributed by atoms with Gasteiger partial charge in [0, 0.05) is 6.54 Å². The van der Waals surface area contributed by atoms with Crippen molar-refractivity contribution < 1.29 is 9.84 Å². The molecule has 1 atom stereocenters. The standard InChI is InChI=1S/C27H29N3O3/c1-2-30(18-25-28-24-16-10-9-15-23(24)27(32)29-25)17-22(31)19-33-26(20-11-5-3-6-12-20)21-13-7-4-8-14-21/h3-16,22,26,31H,2,17-19H2,1H3,(H,28,29,32). The fourth-order valence-corrected chi connectivity index (χ4v) is 3.93. The summed E-state index contributed by atoms with van der Waals surface area (Å²) in [6.07, 6.45) is -0.942. The highest BCUT2D eigenvalue weighted by molar-refractivity contribution is 5.77. The SMILES string of the molecule is CCN(Cc1nc2ccccc2c(=O)[nH]1)CC(O)COC(c1ccccc1)c1ccccc1. The van der Waals surface area contributed by atoms with Crippen LogP contribution in [0.5, 0.6) is 0 Å². The van der Waals surface area contributed by atoms with Crippen LogP contribution in [-0.2, 0) is 11.3 Å². The van der Waals surface area contributed by atoms with E-state index in [1.807, 2.05) is 90.7 Å². The molecule has 0 saturated carbocycles. The molecule has 3 aromatic carbocycles. The van der Waals surface area contributed by atoms with Gasteiger partial charge in [0.2, 0.25) is 0 Å². The lowest BCUT2D eigenvalue weighted by molar-refractivity contribution is -0.00906. The van der Waals surface area contributed by atoms with Crippen molar-refractivity contribution in [1.29, 1.82) is 0 Å². The topological polar surface area (TPSA) is 78.5 Å². The Hall–Kier alpha value is -3.32. The number of nitrogens with zero attached hydrogens (tertiary/aromatic N) is 2. The fraction of sp³-hybridized carbons (Fsp3) is 0.259. The largest absolute Gasteiger partial charge is 0.389 e. The van der Waals surface area contributed by atoms with E-state index in [0.717, 1.165) is 11.1 Å². The molecule has 6 nitrogen and oxygen atoms in total. The van der Waals surface area contributed by atoms with Gasteiger partial charge in [-0.15, -0.1) is 0 Å². The normalized spacial score (nSPS) is 12.5. The summed E-state index contributed by atoms with van der Waals surface area (Å²) in [5.41, 5.74) is 2.61. The number of aromatic amines is 1. The molecule has 1 heterocycles. The number of hydrogen-bond acceptors (Lipinski definition) is 5. The van der Waals surface area contributed by atoms with Crippen molar-refractivity contribution in [3.05, 3.63) is 112 Å². The van der Waals surface area contributed by atoms with Crippen LogP contribution in [0.25, 0.3) is 10.9 Å². The van der Waals surface area contributed by atoms with Gasteiger partial charge in [0.05, 0.1) is 30.2 Å². The van der Waals surface area contributed by atoms with Crippen LogP contribution in [0.4, 0.5) is 0 Å². The summed E-state index contributed by atoms with van der Waals surface area (Å²) in [6.45, 7) is 3.75. The van der Waals surface area contributed by atoms with E-state index in [1.54, 1.807) is 6.07 Å². The van der Waals surface area contributed by atoms with Crippen molar-refractivity contribution in [3.8, 4) is 0 Å². The van der Waals surface area contributed by atoms with Crippen LogP contribution < -0.4 is 5.56 Å². The van der Waals surface area contributed by atoms with E-state index in [2.05, 4.69) is 9.97 Å². The third-order valence-corrected chi connectivity index (χ3v) is 5.61. The molecule has 0 spiro atoms. The molecule has 0 radical (unpaired) electrons. The maximum Gasteiger partial charge on any atom is 0.258 e. The number of para-hydroxylation sites is 1. The molecule has 0 amide bonds. The van der Waals surface area contributed by atoms with E-state index in [1.165, 1.54) is 0 Å². The van der Waals surface area contributed by atoms with Crippen LogP contribution in [0.2, 0.25) is 0 Å². The van der Waals surface area contributed by atoms with E-state index in [4.69, 9.17) is 4.74 Å². The lowest BCUT2D eigenvalue weighted by Gasteiger charge is -2.25. The average Bonchev–Trinajstić information content (AvgIpc) is 2.85. The summed E-state index contributed by atoms with van der Waals surface area (Å²) in [7, 11) is 0.